The molecule has 0 aliphatic heterocycles. The lowest BCUT2D eigenvalue weighted by Crippen LogP contribution is -2.30. The lowest BCUT2D eigenvalue weighted by Gasteiger charge is -2.11. The second kappa shape index (κ2) is 5.45. The number of anilines is 1. The second-order valence-corrected chi connectivity index (χ2v) is 6.89. The minimum atomic E-state index is -3.65. The van der Waals surface area contributed by atoms with E-state index in [-0.39, 0.29) is 16.8 Å². The fourth-order valence-corrected chi connectivity index (χ4v) is 3.76. The number of aromatic nitrogens is 2. The zero-order valence-electron chi connectivity index (χ0n) is 10.8. The maximum atomic E-state index is 12.3. The zero-order chi connectivity index (χ0) is 14.0. The SMILES string of the molecule is CCC(C)CNS(=O)(=O)c1c(NN)nc2sccn12. The number of hydrazine groups is 1. The first-order valence-electron chi connectivity index (χ1n) is 5.91. The van der Waals surface area contributed by atoms with Gasteiger partial charge < -0.3 is 5.43 Å². The van der Waals surface area contributed by atoms with Gasteiger partial charge in [-0.25, -0.2) is 19.0 Å². The fourth-order valence-electron chi connectivity index (χ4n) is 1.58. The van der Waals surface area contributed by atoms with Crippen LogP contribution in [-0.2, 0) is 10.0 Å². The van der Waals surface area contributed by atoms with Gasteiger partial charge in [-0.1, -0.05) is 20.3 Å². The van der Waals surface area contributed by atoms with Crippen LogP contribution in [0, 0.1) is 5.92 Å². The molecule has 0 saturated carbocycles. The molecule has 106 valence electrons. The van der Waals surface area contributed by atoms with Crippen LogP contribution in [0.15, 0.2) is 16.6 Å². The van der Waals surface area contributed by atoms with Gasteiger partial charge in [-0.15, -0.1) is 11.3 Å². The summed E-state index contributed by atoms with van der Waals surface area (Å²) in [4.78, 5) is 4.71. The number of nitrogens with two attached hydrogens (primary N) is 1. The summed E-state index contributed by atoms with van der Waals surface area (Å²) in [7, 11) is -3.65. The third kappa shape index (κ3) is 2.73. The van der Waals surface area contributed by atoms with Gasteiger partial charge in [0.25, 0.3) is 10.0 Å². The molecule has 0 spiro atoms. The minimum Gasteiger partial charge on any atom is -0.306 e. The Morgan fingerprint density at radius 3 is 2.95 bits per heavy atom. The summed E-state index contributed by atoms with van der Waals surface area (Å²) in [5.74, 6) is 5.77. The van der Waals surface area contributed by atoms with E-state index in [4.69, 9.17) is 5.84 Å². The van der Waals surface area contributed by atoms with Crippen molar-refractivity contribution in [3.8, 4) is 0 Å². The molecule has 7 nitrogen and oxygen atoms in total. The van der Waals surface area contributed by atoms with Crippen LogP contribution >= 0.6 is 11.3 Å². The highest BCUT2D eigenvalue weighted by atomic mass is 32.2. The Hall–Kier alpha value is -1.16. The molecule has 0 amide bonds. The summed E-state index contributed by atoms with van der Waals surface area (Å²) in [6.45, 7) is 4.39. The number of hydrogen-bond acceptors (Lipinski definition) is 6. The third-order valence-electron chi connectivity index (χ3n) is 2.93. The van der Waals surface area contributed by atoms with Crippen LogP contribution in [0.2, 0.25) is 0 Å². The third-order valence-corrected chi connectivity index (χ3v) is 5.13. The quantitative estimate of drug-likeness (QED) is 0.546. The molecular formula is C10H17N5O2S2. The highest BCUT2D eigenvalue weighted by Crippen LogP contribution is 2.24. The number of fused-ring (bicyclic) bond motifs is 1. The maximum Gasteiger partial charge on any atom is 0.260 e. The molecule has 0 bridgehead atoms. The predicted octanol–water partition coefficient (Wildman–Crippen LogP) is 1.01. The highest BCUT2D eigenvalue weighted by molar-refractivity contribution is 7.89. The smallest absolute Gasteiger partial charge is 0.260 e. The van der Waals surface area contributed by atoms with Gasteiger partial charge in [0.15, 0.2) is 10.8 Å². The van der Waals surface area contributed by atoms with Crippen LogP contribution in [0.3, 0.4) is 0 Å². The van der Waals surface area contributed by atoms with Crippen molar-refractivity contribution in [2.75, 3.05) is 12.0 Å². The highest BCUT2D eigenvalue weighted by Gasteiger charge is 2.25. The number of thiazole rings is 1. The Morgan fingerprint density at radius 1 is 1.58 bits per heavy atom. The number of sulfonamides is 1. The van der Waals surface area contributed by atoms with Crippen molar-refractivity contribution < 1.29 is 8.42 Å². The summed E-state index contributed by atoms with van der Waals surface area (Å²) < 4.78 is 28.8. The number of nitrogens with zero attached hydrogens (tertiary/aromatic N) is 2. The molecule has 0 aliphatic rings. The van der Waals surface area contributed by atoms with Crippen LogP contribution in [0.1, 0.15) is 20.3 Å². The Kier molecular flexibility index (Phi) is 4.09. The Morgan fingerprint density at radius 2 is 2.32 bits per heavy atom. The molecule has 0 radical (unpaired) electrons. The van der Waals surface area contributed by atoms with E-state index in [0.29, 0.717) is 11.5 Å². The van der Waals surface area contributed by atoms with Crippen LogP contribution in [-0.4, -0.2) is 24.3 Å². The average Bonchev–Trinajstić information content (AvgIpc) is 2.94. The normalized spacial score (nSPS) is 13.8. The molecule has 0 fully saturated rings. The molecule has 1 unspecified atom stereocenters. The van der Waals surface area contributed by atoms with Gasteiger partial charge in [0.1, 0.15) is 0 Å². The Bertz CT molecular complexity index is 661. The summed E-state index contributed by atoms with van der Waals surface area (Å²) in [5.41, 5.74) is 2.33. The van der Waals surface area contributed by atoms with Crippen LogP contribution < -0.4 is 16.0 Å². The standard InChI is InChI=1S/C10H17N5O2S2/c1-3-7(2)6-12-19(16,17)9-8(14-11)13-10-15(9)4-5-18-10/h4-5,7,12,14H,3,6,11H2,1-2H3. The van der Waals surface area contributed by atoms with Crippen molar-refractivity contribution in [2.24, 2.45) is 11.8 Å². The number of nitrogen functional groups attached to an aromatic ring is 1. The number of imidazole rings is 1. The molecule has 0 saturated heterocycles. The van der Waals surface area contributed by atoms with Gasteiger partial charge in [0.05, 0.1) is 0 Å². The summed E-state index contributed by atoms with van der Waals surface area (Å²) >= 11 is 1.35. The molecule has 2 aromatic heterocycles. The van der Waals surface area contributed by atoms with E-state index >= 15 is 0 Å². The van der Waals surface area contributed by atoms with Crippen molar-refractivity contribution >= 4 is 32.1 Å². The number of hydrogen-bond donors (Lipinski definition) is 3. The first-order valence-corrected chi connectivity index (χ1v) is 8.27. The molecule has 4 N–H and O–H groups in total. The first-order chi connectivity index (χ1) is 8.99. The van der Waals surface area contributed by atoms with Crippen molar-refractivity contribution in [3.63, 3.8) is 0 Å². The monoisotopic (exact) mass is 303 g/mol. The molecule has 0 aromatic carbocycles. The lowest BCUT2D eigenvalue weighted by molar-refractivity contribution is 0.526. The van der Waals surface area contributed by atoms with E-state index in [1.54, 1.807) is 11.6 Å². The summed E-state index contributed by atoms with van der Waals surface area (Å²) in [6, 6.07) is 0. The van der Waals surface area contributed by atoms with E-state index in [2.05, 4.69) is 15.1 Å². The van der Waals surface area contributed by atoms with E-state index < -0.39 is 10.0 Å². The van der Waals surface area contributed by atoms with Crippen molar-refractivity contribution in [2.45, 2.75) is 25.3 Å². The second-order valence-electron chi connectivity index (χ2n) is 4.33. The van der Waals surface area contributed by atoms with Gasteiger partial charge >= 0.3 is 0 Å². The van der Waals surface area contributed by atoms with Gasteiger partial charge in [-0.3, -0.25) is 4.40 Å². The molecule has 1 atom stereocenters. The Balaban J connectivity index is 2.38. The largest absolute Gasteiger partial charge is 0.306 e. The van der Waals surface area contributed by atoms with Gasteiger partial charge in [0, 0.05) is 18.1 Å². The summed E-state index contributed by atoms with van der Waals surface area (Å²) in [5, 5.41) is 1.82. The molecule has 9 heteroatoms. The van der Waals surface area contributed by atoms with E-state index in [9.17, 15) is 8.42 Å². The number of nitrogens with one attached hydrogen (secondary N) is 2. The van der Waals surface area contributed by atoms with Crippen molar-refractivity contribution in [1.82, 2.24) is 14.1 Å². The molecular weight excluding hydrogens is 286 g/mol. The average molecular weight is 303 g/mol. The fraction of sp³-hybridized carbons (Fsp3) is 0.500. The molecule has 2 rings (SSSR count). The Labute approximate surface area is 115 Å². The minimum absolute atomic E-state index is 0.0505. The van der Waals surface area contributed by atoms with Crippen LogP contribution in [0.5, 0.6) is 0 Å². The first kappa shape index (κ1) is 14.3. The predicted molar refractivity (Wildman–Crippen MR) is 75.5 cm³/mol. The van der Waals surface area contributed by atoms with Gasteiger partial charge in [0.2, 0.25) is 5.03 Å². The van der Waals surface area contributed by atoms with E-state index in [1.165, 1.54) is 15.7 Å². The van der Waals surface area contributed by atoms with Gasteiger partial charge in [-0.2, -0.15) is 4.98 Å². The van der Waals surface area contributed by atoms with Crippen LogP contribution in [0.25, 0.3) is 4.96 Å². The molecule has 2 heterocycles. The van der Waals surface area contributed by atoms with Gasteiger partial charge in [-0.05, 0) is 5.92 Å². The number of rotatable bonds is 6. The zero-order valence-corrected chi connectivity index (χ0v) is 12.4. The lowest BCUT2D eigenvalue weighted by atomic mass is 10.1. The topological polar surface area (TPSA) is 102 Å². The van der Waals surface area contributed by atoms with Crippen LogP contribution in [0.4, 0.5) is 5.82 Å². The van der Waals surface area contributed by atoms with E-state index in [0.717, 1.165) is 6.42 Å². The summed E-state index contributed by atoms with van der Waals surface area (Å²) in [6.07, 6.45) is 2.57. The van der Waals surface area contributed by atoms with E-state index in [1.807, 2.05) is 13.8 Å². The molecule has 19 heavy (non-hydrogen) atoms. The van der Waals surface area contributed by atoms with Crippen molar-refractivity contribution in [1.29, 1.82) is 0 Å². The molecule has 0 aliphatic carbocycles. The maximum absolute atomic E-state index is 12.3. The molecule has 2 aromatic rings. The van der Waals surface area contributed by atoms with Crippen molar-refractivity contribution in [3.05, 3.63) is 11.6 Å².